The summed E-state index contributed by atoms with van der Waals surface area (Å²) in [6.07, 6.45) is 3.70. The normalized spacial score (nSPS) is 10.5. The first-order valence-electron chi connectivity index (χ1n) is 3.79. The molecule has 1 aromatic heterocycles. The molecule has 0 radical (unpaired) electrons. The Morgan fingerprint density at radius 1 is 1.45 bits per heavy atom. The Morgan fingerprint density at radius 2 is 2.09 bits per heavy atom. The van der Waals surface area contributed by atoms with Crippen LogP contribution in [0.1, 0.15) is 25.5 Å². The number of pyridine rings is 1. The molecule has 0 atom stereocenters. The van der Waals surface area contributed by atoms with E-state index in [1.807, 2.05) is 23.9 Å². The Bertz CT molecular complexity index is 299. The van der Waals surface area contributed by atoms with Gasteiger partial charge in [-0.15, -0.1) is 0 Å². The number of hydrogen-bond acceptors (Lipinski definition) is 1. The maximum Gasteiger partial charge on any atom is 0.184 e. The van der Waals surface area contributed by atoms with Crippen LogP contribution in [0.25, 0.3) is 0 Å². The van der Waals surface area contributed by atoms with E-state index >= 15 is 0 Å². The van der Waals surface area contributed by atoms with E-state index in [1.54, 1.807) is 6.07 Å². The van der Waals surface area contributed by atoms with Crippen molar-refractivity contribution in [1.82, 2.24) is 4.57 Å². The van der Waals surface area contributed by atoms with Gasteiger partial charge < -0.3 is 4.57 Å². The summed E-state index contributed by atoms with van der Waals surface area (Å²) in [4.78, 5) is 11.0. The predicted octanol–water partition coefficient (Wildman–Crippen LogP) is 1.74. The summed E-state index contributed by atoms with van der Waals surface area (Å²) in [7, 11) is 0. The van der Waals surface area contributed by atoms with Crippen molar-refractivity contribution in [2.45, 2.75) is 26.8 Å². The van der Waals surface area contributed by atoms with Gasteiger partial charge in [-0.05, 0) is 20.8 Å². The lowest BCUT2D eigenvalue weighted by atomic mass is 10.3. The van der Waals surface area contributed by atoms with E-state index in [-0.39, 0.29) is 5.43 Å². The fourth-order valence-electron chi connectivity index (χ4n) is 0.937. The Hall–Kier alpha value is -1.05. The third-order valence-electron chi connectivity index (χ3n) is 1.73. The van der Waals surface area contributed by atoms with Crippen molar-refractivity contribution < 1.29 is 0 Å². The third-order valence-corrected chi connectivity index (χ3v) is 1.73. The number of hydrogen-bond donors (Lipinski definition) is 0. The molecule has 0 saturated heterocycles. The van der Waals surface area contributed by atoms with Crippen molar-refractivity contribution in [3.8, 4) is 0 Å². The highest BCUT2D eigenvalue weighted by molar-refractivity contribution is 5.08. The summed E-state index contributed by atoms with van der Waals surface area (Å²) < 4.78 is 2.02. The maximum atomic E-state index is 11.0. The maximum absolute atomic E-state index is 11.0. The molecule has 1 heterocycles. The molecule has 0 aromatic carbocycles. The van der Waals surface area contributed by atoms with E-state index in [4.69, 9.17) is 0 Å². The van der Waals surface area contributed by atoms with E-state index in [9.17, 15) is 4.79 Å². The molecule has 0 aliphatic rings. The monoisotopic (exact) mass is 151 g/mol. The van der Waals surface area contributed by atoms with Crippen LogP contribution in [0, 0.1) is 6.92 Å². The van der Waals surface area contributed by atoms with Gasteiger partial charge in [0.1, 0.15) is 0 Å². The number of rotatable bonds is 1. The zero-order valence-electron chi connectivity index (χ0n) is 7.16. The first-order chi connectivity index (χ1) is 5.11. The summed E-state index contributed by atoms with van der Waals surface area (Å²) in [5.41, 5.74) is 0.920. The van der Waals surface area contributed by atoms with Gasteiger partial charge in [-0.1, -0.05) is 0 Å². The number of nitrogens with zero attached hydrogens (tertiary/aromatic N) is 1. The first-order valence-corrected chi connectivity index (χ1v) is 3.79. The zero-order chi connectivity index (χ0) is 8.43. The molecule has 0 aliphatic heterocycles. The Labute approximate surface area is 66.5 Å². The summed E-state index contributed by atoms with van der Waals surface area (Å²) in [5.74, 6) is 0. The lowest BCUT2D eigenvalue weighted by molar-refractivity contribution is 0.593. The highest BCUT2D eigenvalue weighted by Gasteiger charge is 1.96. The van der Waals surface area contributed by atoms with Gasteiger partial charge in [0, 0.05) is 30.1 Å². The van der Waals surface area contributed by atoms with Crippen LogP contribution in [0.15, 0.2) is 23.3 Å². The van der Waals surface area contributed by atoms with Crippen molar-refractivity contribution in [3.63, 3.8) is 0 Å². The predicted molar refractivity (Wildman–Crippen MR) is 45.8 cm³/mol. The van der Waals surface area contributed by atoms with Crippen molar-refractivity contribution >= 4 is 0 Å². The molecule has 0 aliphatic carbocycles. The van der Waals surface area contributed by atoms with Crippen molar-refractivity contribution in [2.24, 2.45) is 0 Å². The number of aromatic nitrogens is 1. The quantitative estimate of drug-likeness (QED) is 0.599. The van der Waals surface area contributed by atoms with Gasteiger partial charge in [0.15, 0.2) is 5.43 Å². The second-order valence-corrected chi connectivity index (χ2v) is 3.03. The largest absolute Gasteiger partial charge is 0.351 e. The average molecular weight is 151 g/mol. The van der Waals surface area contributed by atoms with E-state index in [0.717, 1.165) is 5.56 Å². The lowest BCUT2D eigenvalue weighted by Crippen LogP contribution is -2.09. The minimum atomic E-state index is 0.113. The third kappa shape index (κ3) is 1.70. The lowest BCUT2D eigenvalue weighted by Gasteiger charge is -2.09. The van der Waals surface area contributed by atoms with Crippen molar-refractivity contribution in [1.29, 1.82) is 0 Å². The topological polar surface area (TPSA) is 22.0 Å². The summed E-state index contributed by atoms with van der Waals surface area (Å²) in [5, 5.41) is 0. The molecule has 0 unspecified atom stereocenters. The Balaban J connectivity index is 3.15. The Morgan fingerprint density at radius 3 is 2.55 bits per heavy atom. The molecule has 1 aromatic rings. The van der Waals surface area contributed by atoms with Gasteiger partial charge in [-0.25, -0.2) is 0 Å². The second kappa shape index (κ2) is 2.91. The standard InChI is InChI=1S/C9H13NO/c1-7(2)10-5-4-9(11)8(3)6-10/h4-7H,1-3H3. The van der Waals surface area contributed by atoms with Crippen LogP contribution < -0.4 is 5.43 Å². The van der Waals surface area contributed by atoms with Crippen LogP contribution in [0.4, 0.5) is 0 Å². The molecule has 60 valence electrons. The van der Waals surface area contributed by atoms with Gasteiger partial charge in [0.25, 0.3) is 0 Å². The average Bonchev–Trinajstić information content (AvgIpc) is 1.94. The fraction of sp³-hybridized carbons (Fsp3) is 0.444. The van der Waals surface area contributed by atoms with Crippen LogP contribution in [0.2, 0.25) is 0 Å². The van der Waals surface area contributed by atoms with Gasteiger partial charge in [-0.3, -0.25) is 4.79 Å². The molecule has 2 heteroatoms. The molecule has 0 saturated carbocycles. The summed E-state index contributed by atoms with van der Waals surface area (Å²) in [6, 6.07) is 2.03. The molecule has 0 N–H and O–H groups in total. The SMILES string of the molecule is Cc1cn(C(C)C)ccc1=O. The van der Waals surface area contributed by atoms with Crippen molar-refractivity contribution in [2.75, 3.05) is 0 Å². The van der Waals surface area contributed by atoms with Crippen LogP contribution in [-0.4, -0.2) is 4.57 Å². The minimum Gasteiger partial charge on any atom is -0.351 e. The molecule has 0 bridgehead atoms. The van der Waals surface area contributed by atoms with E-state index in [0.29, 0.717) is 6.04 Å². The summed E-state index contributed by atoms with van der Waals surface area (Å²) in [6.45, 7) is 6.01. The molecule has 11 heavy (non-hydrogen) atoms. The molecule has 1 rings (SSSR count). The van der Waals surface area contributed by atoms with Gasteiger partial charge in [0.05, 0.1) is 0 Å². The van der Waals surface area contributed by atoms with Gasteiger partial charge in [0.2, 0.25) is 0 Å². The van der Waals surface area contributed by atoms with Gasteiger partial charge >= 0.3 is 0 Å². The molecule has 2 nitrogen and oxygen atoms in total. The number of aryl methyl sites for hydroxylation is 1. The van der Waals surface area contributed by atoms with E-state index in [2.05, 4.69) is 13.8 Å². The van der Waals surface area contributed by atoms with Crippen LogP contribution in [0.3, 0.4) is 0 Å². The zero-order valence-corrected chi connectivity index (χ0v) is 7.16. The molecular formula is C9H13NO. The van der Waals surface area contributed by atoms with E-state index < -0.39 is 0 Å². The van der Waals surface area contributed by atoms with Crippen LogP contribution in [-0.2, 0) is 0 Å². The fourth-order valence-corrected chi connectivity index (χ4v) is 0.937. The highest BCUT2D eigenvalue weighted by Crippen LogP contribution is 2.01. The van der Waals surface area contributed by atoms with Crippen LogP contribution in [0.5, 0.6) is 0 Å². The minimum absolute atomic E-state index is 0.113. The highest BCUT2D eigenvalue weighted by atomic mass is 16.1. The molecule has 0 amide bonds. The molecule has 0 fully saturated rings. The van der Waals surface area contributed by atoms with Crippen molar-refractivity contribution in [3.05, 3.63) is 34.2 Å². The first kappa shape index (κ1) is 8.05. The van der Waals surface area contributed by atoms with E-state index in [1.165, 1.54) is 0 Å². The van der Waals surface area contributed by atoms with Crippen LogP contribution >= 0.6 is 0 Å². The Kier molecular flexibility index (Phi) is 2.13. The summed E-state index contributed by atoms with van der Waals surface area (Å²) >= 11 is 0. The second-order valence-electron chi connectivity index (χ2n) is 3.03. The molecular weight excluding hydrogens is 138 g/mol. The van der Waals surface area contributed by atoms with Gasteiger partial charge in [-0.2, -0.15) is 0 Å². The smallest absolute Gasteiger partial charge is 0.184 e. The molecule has 0 spiro atoms.